The third kappa shape index (κ3) is 4.34. The Kier molecular flexibility index (Phi) is 5.93. The number of nitrogens with zero attached hydrogens (tertiary/aromatic N) is 6. The van der Waals surface area contributed by atoms with Crippen molar-refractivity contribution in [1.29, 1.82) is 0 Å². The molecule has 3 aromatic heterocycles. The lowest BCUT2D eigenvalue weighted by atomic mass is 10.1. The topological polar surface area (TPSA) is 93.5 Å². The number of amides is 2. The molecule has 1 saturated carbocycles. The quantitative estimate of drug-likeness (QED) is 0.576. The van der Waals surface area contributed by atoms with Gasteiger partial charge in [-0.1, -0.05) is 19.9 Å². The van der Waals surface area contributed by atoms with Crippen LogP contribution in [0.15, 0.2) is 30.5 Å². The van der Waals surface area contributed by atoms with E-state index in [1.54, 1.807) is 15.8 Å². The van der Waals surface area contributed by atoms with Crippen molar-refractivity contribution >= 4 is 23.0 Å². The lowest BCUT2D eigenvalue weighted by Crippen LogP contribution is -2.50. The maximum atomic E-state index is 13.7. The zero-order valence-electron chi connectivity index (χ0n) is 19.9. The van der Waals surface area contributed by atoms with Gasteiger partial charge in [-0.15, -0.1) is 0 Å². The average molecular weight is 463 g/mol. The van der Waals surface area contributed by atoms with E-state index in [1.165, 1.54) is 0 Å². The van der Waals surface area contributed by atoms with Crippen molar-refractivity contribution in [1.82, 2.24) is 29.5 Å². The second-order valence-corrected chi connectivity index (χ2v) is 9.50. The molecule has 3 aromatic rings. The number of aryl methyl sites for hydroxylation is 1. The summed E-state index contributed by atoms with van der Waals surface area (Å²) >= 11 is 0. The third-order valence-corrected chi connectivity index (χ3v) is 6.29. The summed E-state index contributed by atoms with van der Waals surface area (Å²) in [6.45, 7) is 8.16. The van der Waals surface area contributed by atoms with Gasteiger partial charge in [-0.2, -0.15) is 9.78 Å². The number of hydrogen-bond donors (Lipinski definition) is 0. The summed E-state index contributed by atoms with van der Waals surface area (Å²) in [6.07, 6.45) is 3.58. The summed E-state index contributed by atoms with van der Waals surface area (Å²) in [5.41, 5.74) is 2.97. The Balaban J connectivity index is 1.43. The van der Waals surface area contributed by atoms with Gasteiger partial charge in [0.15, 0.2) is 11.5 Å². The molecular weight excluding hydrogens is 432 g/mol. The first-order valence-electron chi connectivity index (χ1n) is 11.9. The summed E-state index contributed by atoms with van der Waals surface area (Å²) in [5.74, 6) is 1.30. The Morgan fingerprint density at radius 1 is 1.12 bits per heavy atom. The number of fused-ring (bicyclic) bond motifs is 1. The van der Waals surface area contributed by atoms with E-state index >= 15 is 0 Å². The van der Waals surface area contributed by atoms with Gasteiger partial charge in [0.1, 0.15) is 0 Å². The minimum absolute atomic E-state index is 0.0480. The highest BCUT2D eigenvalue weighted by Gasteiger charge is 2.32. The summed E-state index contributed by atoms with van der Waals surface area (Å²) in [5, 5.41) is 5.45. The van der Waals surface area contributed by atoms with E-state index in [4.69, 9.17) is 14.8 Å². The fourth-order valence-corrected chi connectivity index (χ4v) is 4.30. The van der Waals surface area contributed by atoms with Crippen molar-refractivity contribution in [3.05, 3.63) is 47.4 Å². The molecule has 1 saturated heterocycles. The number of carbonyl (C=O) groups is 2. The van der Waals surface area contributed by atoms with Crippen LogP contribution >= 0.6 is 0 Å². The normalized spacial score (nSPS) is 16.4. The minimum Gasteiger partial charge on any atom is -0.449 e. The van der Waals surface area contributed by atoms with Crippen LogP contribution < -0.4 is 0 Å². The van der Waals surface area contributed by atoms with Crippen LogP contribution in [0.4, 0.5) is 4.79 Å². The van der Waals surface area contributed by atoms with Crippen molar-refractivity contribution in [2.75, 3.05) is 32.8 Å². The second-order valence-electron chi connectivity index (χ2n) is 9.50. The number of piperazine rings is 1. The first-order chi connectivity index (χ1) is 16.4. The molecule has 4 heterocycles. The Morgan fingerprint density at radius 2 is 1.85 bits per heavy atom. The first kappa shape index (κ1) is 22.3. The number of aromatic nitrogens is 4. The van der Waals surface area contributed by atoms with E-state index in [2.05, 4.69) is 4.98 Å². The number of ether oxygens (including phenoxy) is 1. The molecule has 2 fully saturated rings. The maximum Gasteiger partial charge on any atom is 0.409 e. The number of pyridine rings is 2. The molecule has 2 amide bonds. The van der Waals surface area contributed by atoms with Gasteiger partial charge in [0.25, 0.3) is 5.91 Å². The van der Waals surface area contributed by atoms with E-state index in [0.717, 1.165) is 29.6 Å². The maximum absolute atomic E-state index is 13.7. The smallest absolute Gasteiger partial charge is 0.409 e. The Morgan fingerprint density at radius 3 is 2.50 bits per heavy atom. The lowest BCUT2D eigenvalue weighted by molar-refractivity contribution is 0.0536. The van der Waals surface area contributed by atoms with Gasteiger partial charge >= 0.3 is 6.09 Å². The summed E-state index contributed by atoms with van der Waals surface area (Å²) in [4.78, 5) is 38.9. The van der Waals surface area contributed by atoms with Gasteiger partial charge in [0, 0.05) is 44.0 Å². The SMILES string of the molecule is Cc1nn(-c2ccccn2)c2nc(C3CC3)cc(C(=O)N3CCN(C(=O)OCC(C)C)CC3)c12. The van der Waals surface area contributed by atoms with Crippen molar-refractivity contribution in [2.24, 2.45) is 5.92 Å². The van der Waals surface area contributed by atoms with E-state index < -0.39 is 0 Å². The predicted octanol–water partition coefficient (Wildman–Crippen LogP) is 3.55. The fourth-order valence-electron chi connectivity index (χ4n) is 4.30. The molecule has 0 atom stereocenters. The van der Waals surface area contributed by atoms with E-state index in [-0.39, 0.29) is 17.9 Å². The molecule has 0 spiro atoms. The van der Waals surface area contributed by atoms with Gasteiger partial charge in [0.05, 0.1) is 23.3 Å². The summed E-state index contributed by atoms with van der Waals surface area (Å²) in [6, 6.07) is 7.60. The monoisotopic (exact) mass is 462 g/mol. The summed E-state index contributed by atoms with van der Waals surface area (Å²) in [7, 11) is 0. The molecule has 0 bridgehead atoms. The molecule has 178 valence electrons. The van der Waals surface area contributed by atoms with Crippen LogP contribution in [0.1, 0.15) is 54.4 Å². The molecule has 5 rings (SSSR count). The first-order valence-corrected chi connectivity index (χ1v) is 11.9. The van der Waals surface area contributed by atoms with Crippen LogP contribution in [0.2, 0.25) is 0 Å². The van der Waals surface area contributed by atoms with Crippen LogP contribution in [0.5, 0.6) is 0 Å². The van der Waals surface area contributed by atoms with Crippen molar-refractivity contribution in [3.63, 3.8) is 0 Å². The molecule has 0 radical (unpaired) electrons. The molecule has 0 aromatic carbocycles. The second kappa shape index (κ2) is 9.04. The summed E-state index contributed by atoms with van der Waals surface area (Å²) < 4.78 is 7.08. The molecule has 9 nitrogen and oxygen atoms in total. The Hall–Kier alpha value is -3.49. The highest BCUT2D eigenvalue weighted by Crippen LogP contribution is 2.41. The average Bonchev–Trinajstić information content (AvgIpc) is 3.65. The van der Waals surface area contributed by atoms with Crippen molar-refractivity contribution in [2.45, 2.75) is 39.5 Å². The number of carbonyl (C=O) groups excluding carboxylic acids is 2. The van der Waals surface area contributed by atoms with Crippen molar-refractivity contribution in [3.8, 4) is 5.82 Å². The van der Waals surface area contributed by atoms with Crippen LogP contribution in [-0.2, 0) is 4.74 Å². The van der Waals surface area contributed by atoms with E-state index in [0.29, 0.717) is 55.7 Å². The molecule has 9 heteroatoms. The largest absolute Gasteiger partial charge is 0.449 e. The van der Waals surface area contributed by atoms with Crippen LogP contribution in [0.3, 0.4) is 0 Å². The van der Waals surface area contributed by atoms with Crippen molar-refractivity contribution < 1.29 is 14.3 Å². The molecule has 0 N–H and O–H groups in total. The van der Waals surface area contributed by atoms with Crippen LogP contribution in [0, 0.1) is 12.8 Å². The zero-order chi connectivity index (χ0) is 23.8. The van der Waals surface area contributed by atoms with Gasteiger partial charge in [0.2, 0.25) is 0 Å². The standard InChI is InChI=1S/C25H30N6O3/c1-16(2)15-34-25(33)30-12-10-29(11-13-30)24(32)19-14-20(18-7-8-18)27-23-22(19)17(3)28-31(23)21-6-4-5-9-26-21/h4-6,9,14,16,18H,7-8,10-13,15H2,1-3H3. The predicted molar refractivity (Wildman–Crippen MR) is 127 cm³/mol. The molecular formula is C25H30N6O3. The minimum atomic E-state index is -0.310. The number of rotatable bonds is 5. The fraction of sp³-hybridized carbons (Fsp3) is 0.480. The van der Waals surface area contributed by atoms with Gasteiger partial charge < -0.3 is 14.5 Å². The molecule has 34 heavy (non-hydrogen) atoms. The van der Waals surface area contributed by atoms with E-state index in [1.807, 2.05) is 49.9 Å². The molecule has 1 aliphatic carbocycles. The Labute approximate surface area is 198 Å². The molecule has 1 aliphatic heterocycles. The molecule has 0 unspecified atom stereocenters. The van der Waals surface area contributed by atoms with Gasteiger partial charge in [-0.3, -0.25) is 4.79 Å². The zero-order valence-corrected chi connectivity index (χ0v) is 19.9. The highest BCUT2D eigenvalue weighted by molar-refractivity contribution is 6.07. The van der Waals surface area contributed by atoms with E-state index in [9.17, 15) is 9.59 Å². The molecule has 2 aliphatic rings. The van der Waals surface area contributed by atoms with Crippen LogP contribution in [0.25, 0.3) is 16.9 Å². The highest BCUT2D eigenvalue weighted by atomic mass is 16.6. The number of hydrogen-bond acceptors (Lipinski definition) is 6. The van der Waals surface area contributed by atoms with Gasteiger partial charge in [-0.05, 0) is 43.9 Å². The van der Waals surface area contributed by atoms with Gasteiger partial charge in [-0.25, -0.2) is 14.8 Å². The van der Waals surface area contributed by atoms with Crippen LogP contribution in [-0.4, -0.2) is 74.3 Å². The lowest BCUT2D eigenvalue weighted by Gasteiger charge is -2.34. The third-order valence-electron chi connectivity index (χ3n) is 6.29. The Bertz CT molecular complexity index is 1210.